The average molecular weight is 502 g/mol. The maximum Gasteiger partial charge on any atom is 0.311 e. The summed E-state index contributed by atoms with van der Waals surface area (Å²) < 4.78 is 17.3. The maximum atomic E-state index is 12.3. The van der Waals surface area contributed by atoms with Gasteiger partial charge in [-0.2, -0.15) is 0 Å². The third-order valence-corrected chi connectivity index (χ3v) is 7.31. The molecule has 3 fully saturated rings. The van der Waals surface area contributed by atoms with Crippen LogP contribution in [0.1, 0.15) is 93.4 Å². The minimum Gasteiger partial charge on any atom is -0.458 e. The molecule has 6 heteroatoms. The molecular weight excluding hydrogens is 454 g/mol. The highest BCUT2D eigenvalue weighted by atomic mass is 16.6. The zero-order valence-electron chi connectivity index (χ0n) is 23.4. The van der Waals surface area contributed by atoms with E-state index < -0.39 is 11.5 Å². The smallest absolute Gasteiger partial charge is 0.311 e. The Bertz CT molecular complexity index is 860. The van der Waals surface area contributed by atoms with E-state index in [9.17, 15) is 9.59 Å². The van der Waals surface area contributed by atoms with Crippen LogP contribution in [0.25, 0.3) is 0 Å². The van der Waals surface area contributed by atoms with Crippen LogP contribution in [0.2, 0.25) is 0 Å². The highest BCUT2D eigenvalue weighted by Crippen LogP contribution is 2.46. The van der Waals surface area contributed by atoms with Crippen molar-refractivity contribution in [3.8, 4) is 0 Å². The number of epoxide rings is 1. The van der Waals surface area contributed by atoms with E-state index in [1.807, 2.05) is 20.8 Å². The van der Waals surface area contributed by atoms with Gasteiger partial charge in [-0.1, -0.05) is 23.8 Å². The van der Waals surface area contributed by atoms with Crippen molar-refractivity contribution < 1.29 is 23.8 Å². The fraction of sp³-hybridized carbons (Fsp3) is 0.733. The summed E-state index contributed by atoms with van der Waals surface area (Å²) in [6, 6.07) is 0.208. The van der Waals surface area contributed by atoms with Crippen molar-refractivity contribution in [1.29, 1.82) is 0 Å². The average Bonchev–Trinajstić information content (AvgIpc) is 3.51. The SMILES string of the molecule is CC(/C=C/[C@@H]1C[C@]2(CO2)CC(C)(C)O1)=C\C[C@H]1CC[C@H](NC(=O)/C=C\[C@H](C)OC(=O)C(C)(C)C)CC1. The van der Waals surface area contributed by atoms with E-state index in [1.54, 1.807) is 13.0 Å². The number of esters is 1. The molecule has 0 bridgehead atoms. The summed E-state index contributed by atoms with van der Waals surface area (Å²) in [5.41, 5.74) is 0.635. The van der Waals surface area contributed by atoms with Gasteiger partial charge in [0.1, 0.15) is 6.10 Å². The van der Waals surface area contributed by atoms with Crippen LogP contribution < -0.4 is 5.32 Å². The minimum absolute atomic E-state index is 0.0511. The van der Waals surface area contributed by atoms with Crippen LogP contribution in [0.3, 0.4) is 0 Å². The predicted molar refractivity (Wildman–Crippen MR) is 142 cm³/mol. The summed E-state index contributed by atoms with van der Waals surface area (Å²) in [7, 11) is 0. The second-order valence-electron chi connectivity index (χ2n) is 12.8. The molecule has 1 amide bonds. The van der Waals surface area contributed by atoms with Crippen LogP contribution in [0.5, 0.6) is 0 Å². The van der Waals surface area contributed by atoms with Gasteiger partial charge in [0.25, 0.3) is 0 Å². The monoisotopic (exact) mass is 501 g/mol. The molecule has 36 heavy (non-hydrogen) atoms. The Kier molecular flexibility index (Phi) is 9.26. The first kappa shape index (κ1) is 28.6. The van der Waals surface area contributed by atoms with Crippen molar-refractivity contribution in [2.45, 2.75) is 123 Å². The molecule has 202 valence electrons. The van der Waals surface area contributed by atoms with E-state index in [0.29, 0.717) is 5.92 Å². The zero-order chi connectivity index (χ0) is 26.6. The molecule has 1 N–H and O–H groups in total. The maximum absolute atomic E-state index is 12.3. The Morgan fingerprint density at radius 2 is 1.81 bits per heavy atom. The van der Waals surface area contributed by atoms with Gasteiger partial charge in [-0.25, -0.2) is 0 Å². The topological polar surface area (TPSA) is 77.2 Å². The van der Waals surface area contributed by atoms with Gasteiger partial charge in [-0.05, 0) is 92.6 Å². The summed E-state index contributed by atoms with van der Waals surface area (Å²) in [6.45, 7) is 14.5. The van der Waals surface area contributed by atoms with Crippen LogP contribution in [-0.4, -0.2) is 47.9 Å². The molecule has 3 atom stereocenters. The number of carbonyl (C=O) groups is 2. The molecule has 1 aliphatic carbocycles. The van der Waals surface area contributed by atoms with Crippen molar-refractivity contribution in [2.24, 2.45) is 11.3 Å². The number of hydrogen-bond acceptors (Lipinski definition) is 5. The summed E-state index contributed by atoms with van der Waals surface area (Å²) in [6.07, 6.45) is 16.7. The summed E-state index contributed by atoms with van der Waals surface area (Å²) in [4.78, 5) is 24.3. The second-order valence-corrected chi connectivity index (χ2v) is 12.8. The first-order valence-corrected chi connectivity index (χ1v) is 13.6. The lowest BCUT2D eigenvalue weighted by Crippen LogP contribution is -2.43. The fourth-order valence-electron chi connectivity index (χ4n) is 5.22. The first-order valence-electron chi connectivity index (χ1n) is 13.6. The van der Waals surface area contributed by atoms with Gasteiger partial charge in [-0.3, -0.25) is 9.59 Å². The van der Waals surface area contributed by atoms with E-state index in [0.717, 1.165) is 51.6 Å². The quantitative estimate of drug-likeness (QED) is 0.196. The van der Waals surface area contributed by atoms with Crippen LogP contribution in [0.4, 0.5) is 0 Å². The molecule has 0 aromatic heterocycles. The lowest BCUT2D eigenvalue weighted by molar-refractivity contribution is -0.155. The number of hydrogen-bond donors (Lipinski definition) is 1. The lowest BCUT2D eigenvalue weighted by atomic mass is 9.83. The van der Waals surface area contributed by atoms with Crippen molar-refractivity contribution >= 4 is 11.9 Å². The molecule has 1 saturated carbocycles. The van der Waals surface area contributed by atoms with Gasteiger partial charge in [0, 0.05) is 25.0 Å². The largest absolute Gasteiger partial charge is 0.458 e. The van der Waals surface area contributed by atoms with E-state index in [4.69, 9.17) is 14.2 Å². The van der Waals surface area contributed by atoms with Crippen molar-refractivity contribution in [3.63, 3.8) is 0 Å². The van der Waals surface area contributed by atoms with Gasteiger partial charge in [0.05, 0.1) is 29.3 Å². The van der Waals surface area contributed by atoms with Gasteiger partial charge < -0.3 is 19.5 Å². The van der Waals surface area contributed by atoms with E-state index in [2.05, 4.69) is 44.3 Å². The van der Waals surface area contributed by atoms with E-state index >= 15 is 0 Å². The Morgan fingerprint density at radius 1 is 1.14 bits per heavy atom. The molecule has 2 aliphatic heterocycles. The number of nitrogens with one attached hydrogen (secondary N) is 1. The molecule has 0 unspecified atom stereocenters. The number of rotatable bonds is 8. The molecular formula is C30H47NO5. The molecule has 6 nitrogen and oxygen atoms in total. The van der Waals surface area contributed by atoms with E-state index in [-0.39, 0.29) is 35.2 Å². The Labute approximate surface area is 217 Å². The Balaban J connectivity index is 1.35. The number of allylic oxidation sites excluding steroid dienone is 3. The second kappa shape index (κ2) is 11.6. The third kappa shape index (κ3) is 9.19. The summed E-state index contributed by atoms with van der Waals surface area (Å²) >= 11 is 0. The van der Waals surface area contributed by atoms with Crippen molar-refractivity contribution in [3.05, 3.63) is 36.0 Å². The molecule has 1 spiro atoms. The minimum atomic E-state index is -0.553. The summed E-state index contributed by atoms with van der Waals surface area (Å²) in [5, 5.41) is 3.10. The van der Waals surface area contributed by atoms with Gasteiger partial charge in [-0.15, -0.1) is 0 Å². The summed E-state index contributed by atoms with van der Waals surface area (Å²) in [5.74, 6) is 0.261. The number of amides is 1. The van der Waals surface area contributed by atoms with Crippen LogP contribution in [0.15, 0.2) is 36.0 Å². The molecule has 2 saturated heterocycles. The van der Waals surface area contributed by atoms with Crippen LogP contribution in [-0.2, 0) is 23.8 Å². The van der Waals surface area contributed by atoms with Gasteiger partial charge >= 0.3 is 5.97 Å². The molecule has 3 rings (SSSR count). The molecule has 0 aromatic carbocycles. The first-order chi connectivity index (χ1) is 16.8. The van der Waals surface area contributed by atoms with E-state index in [1.165, 1.54) is 11.6 Å². The Morgan fingerprint density at radius 3 is 2.42 bits per heavy atom. The normalized spacial score (nSPS) is 31.5. The van der Waals surface area contributed by atoms with Crippen LogP contribution >= 0.6 is 0 Å². The van der Waals surface area contributed by atoms with Crippen molar-refractivity contribution in [2.75, 3.05) is 6.61 Å². The standard InChI is InChI=1S/C30H47NO5/c1-21(9-16-25-18-30(20-34-30)19-29(6,7)36-25)8-11-23-12-14-24(15-13-23)31-26(32)17-10-22(2)35-27(33)28(3,4)5/h8-10,16-17,22-25H,11-15,18-20H2,1-7H3,(H,31,32)/b16-9+,17-10-,21-8+/t22-,23-,24-,25+,30+/m0/s1. The van der Waals surface area contributed by atoms with Gasteiger partial charge in [0.2, 0.25) is 5.91 Å². The number of carbonyl (C=O) groups excluding carboxylic acids is 2. The lowest BCUT2D eigenvalue weighted by Gasteiger charge is -2.38. The molecule has 0 radical (unpaired) electrons. The molecule has 2 heterocycles. The highest BCUT2D eigenvalue weighted by Gasteiger charge is 2.53. The predicted octanol–water partition coefficient (Wildman–Crippen LogP) is 5.81. The zero-order valence-corrected chi connectivity index (χ0v) is 23.4. The Hall–Kier alpha value is -1.92. The number of ether oxygens (including phenoxy) is 3. The molecule has 0 aromatic rings. The van der Waals surface area contributed by atoms with Crippen LogP contribution in [0, 0.1) is 11.3 Å². The molecule has 3 aliphatic rings. The van der Waals surface area contributed by atoms with Gasteiger partial charge in [0.15, 0.2) is 0 Å². The fourth-order valence-corrected chi connectivity index (χ4v) is 5.22. The van der Waals surface area contributed by atoms with Crippen molar-refractivity contribution in [1.82, 2.24) is 5.32 Å². The highest BCUT2D eigenvalue weighted by molar-refractivity contribution is 5.87. The third-order valence-electron chi connectivity index (χ3n) is 7.31.